The number of unbranched alkanes of at least 4 members (excludes halogenated alkanes) is 1. The molecule has 0 aromatic heterocycles. The number of benzene rings is 2. The number of rotatable bonds is 8. The molecule has 0 radical (unpaired) electrons. The van der Waals surface area contributed by atoms with Crippen molar-refractivity contribution in [3.8, 4) is 0 Å². The molecule has 0 spiro atoms. The first-order valence-corrected chi connectivity index (χ1v) is 11.0. The predicted molar refractivity (Wildman–Crippen MR) is 121 cm³/mol. The summed E-state index contributed by atoms with van der Waals surface area (Å²) in [5.41, 5.74) is 5.88. The molecular weight excluding hydrogens is 372 g/mol. The van der Waals surface area contributed by atoms with Crippen LogP contribution in [0.1, 0.15) is 56.1 Å². The fourth-order valence-corrected chi connectivity index (χ4v) is 5.72. The lowest BCUT2D eigenvalue weighted by Gasteiger charge is -2.37. The standard InChI is InChI=1S/C27H30O3/c1-19(20-10-4-2-5-11-20)27-17-16-24(28)23(27)18-22(14-8-9-15-25(29)30)26(27)21-12-6-3-7-13-21/h2-7,10-13,23-24,28H,1,8-9,14-18H2,(H,29,30). The van der Waals surface area contributed by atoms with Gasteiger partial charge in [0.15, 0.2) is 0 Å². The molecule has 0 amide bonds. The van der Waals surface area contributed by atoms with E-state index in [-0.39, 0.29) is 23.9 Å². The Labute approximate surface area is 178 Å². The maximum atomic E-state index is 10.9. The average Bonchev–Trinajstić information content (AvgIpc) is 3.27. The molecule has 2 aliphatic rings. The van der Waals surface area contributed by atoms with Crippen LogP contribution in [-0.4, -0.2) is 22.3 Å². The fourth-order valence-electron chi connectivity index (χ4n) is 5.72. The highest BCUT2D eigenvalue weighted by atomic mass is 16.4. The molecule has 2 aromatic rings. The molecule has 0 aliphatic heterocycles. The topological polar surface area (TPSA) is 57.5 Å². The van der Waals surface area contributed by atoms with Gasteiger partial charge in [0.25, 0.3) is 0 Å². The number of carboxylic acid groups (broad SMARTS) is 1. The van der Waals surface area contributed by atoms with Crippen molar-refractivity contribution in [2.24, 2.45) is 11.3 Å². The minimum absolute atomic E-state index is 0.134. The lowest BCUT2D eigenvalue weighted by molar-refractivity contribution is -0.137. The highest BCUT2D eigenvalue weighted by Crippen LogP contribution is 2.66. The summed E-state index contributed by atoms with van der Waals surface area (Å²) in [7, 11) is 0. The maximum Gasteiger partial charge on any atom is 0.303 e. The van der Waals surface area contributed by atoms with Gasteiger partial charge in [0.05, 0.1) is 6.10 Å². The summed E-state index contributed by atoms with van der Waals surface area (Å²) in [6.07, 6.45) is 4.85. The van der Waals surface area contributed by atoms with Gasteiger partial charge in [-0.2, -0.15) is 0 Å². The van der Waals surface area contributed by atoms with Crippen LogP contribution in [0.3, 0.4) is 0 Å². The third kappa shape index (κ3) is 3.63. The number of carbonyl (C=O) groups is 1. The lowest BCUT2D eigenvalue weighted by atomic mass is 9.66. The van der Waals surface area contributed by atoms with Gasteiger partial charge < -0.3 is 10.2 Å². The highest BCUT2D eigenvalue weighted by Gasteiger charge is 2.56. The molecule has 1 saturated carbocycles. The van der Waals surface area contributed by atoms with E-state index in [1.165, 1.54) is 16.7 Å². The monoisotopic (exact) mass is 402 g/mol. The summed E-state index contributed by atoms with van der Waals surface area (Å²) in [5.74, 6) is -0.602. The van der Waals surface area contributed by atoms with E-state index in [0.717, 1.165) is 43.2 Å². The van der Waals surface area contributed by atoms with Crippen LogP contribution < -0.4 is 0 Å². The molecule has 0 bridgehead atoms. The number of hydrogen-bond donors (Lipinski definition) is 2. The Morgan fingerprint density at radius 2 is 1.70 bits per heavy atom. The third-order valence-corrected chi connectivity index (χ3v) is 7.04. The largest absolute Gasteiger partial charge is 0.481 e. The maximum absolute atomic E-state index is 10.9. The van der Waals surface area contributed by atoms with Gasteiger partial charge in [-0.15, -0.1) is 0 Å². The molecule has 3 nitrogen and oxygen atoms in total. The Balaban J connectivity index is 1.77. The third-order valence-electron chi connectivity index (χ3n) is 7.04. The van der Waals surface area contributed by atoms with E-state index in [9.17, 15) is 9.90 Å². The Bertz CT molecular complexity index is 945. The zero-order valence-electron chi connectivity index (χ0n) is 17.4. The van der Waals surface area contributed by atoms with Crippen LogP contribution in [0.25, 0.3) is 11.1 Å². The zero-order valence-corrected chi connectivity index (χ0v) is 17.4. The van der Waals surface area contributed by atoms with Gasteiger partial charge in [-0.1, -0.05) is 72.8 Å². The first kappa shape index (κ1) is 20.6. The first-order chi connectivity index (χ1) is 14.5. The summed E-state index contributed by atoms with van der Waals surface area (Å²) in [4.78, 5) is 10.9. The van der Waals surface area contributed by atoms with E-state index in [1.807, 2.05) is 24.3 Å². The molecule has 2 N–H and O–H groups in total. The number of fused-ring (bicyclic) bond motifs is 1. The zero-order chi connectivity index (χ0) is 21.1. The van der Waals surface area contributed by atoms with E-state index in [0.29, 0.717) is 6.42 Å². The van der Waals surface area contributed by atoms with Crippen LogP contribution in [0.15, 0.2) is 72.8 Å². The van der Waals surface area contributed by atoms with Crippen molar-refractivity contribution < 1.29 is 15.0 Å². The predicted octanol–water partition coefficient (Wildman–Crippen LogP) is 5.96. The van der Waals surface area contributed by atoms with Crippen molar-refractivity contribution in [3.05, 3.63) is 83.9 Å². The van der Waals surface area contributed by atoms with Gasteiger partial charge >= 0.3 is 5.97 Å². The smallest absolute Gasteiger partial charge is 0.303 e. The minimum atomic E-state index is -0.736. The molecule has 30 heavy (non-hydrogen) atoms. The van der Waals surface area contributed by atoms with Crippen LogP contribution >= 0.6 is 0 Å². The van der Waals surface area contributed by atoms with E-state index >= 15 is 0 Å². The van der Waals surface area contributed by atoms with Crippen LogP contribution in [0.5, 0.6) is 0 Å². The molecule has 1 fully saturated rings. The molecule has 2 aromatic carbocycles. The number of hydrogen-bond acceptors (Lipinski definition) is 2. The second kappa shape index (κ2) is 8.61. The van der Waals surface area contributed by atoms with Crippen molar-refractivity contribution in [2.75, 3.05) is 0 Å². The summed E-state index contributed by atoms with van der Waals surface area (Å²) >= 11 is 0. The quantitative estimate of drug-likeness (QED) is 0.536. The van der Waals surface area contributed by atoms with Crippen LogP contribution in [-0.2, 0) is 4.79 Å². The second-order valence-electron chi connectivity index (χ2n) is 8.68. The number of carboxylic acids is 1. The average molecular weight is 403 g/mol. The van der Waals surface area contributed by atoms with E-state index in [1.54, 1.807) is 0 Å². The molecule has 156 valence electrons. The fraction of sp³-hybridized carbons (Fsp3) is 0.370. The summed E-state index contributed by atoms with van der Waals surface area (Å²) in [6.45, 7) is 4.58. The van der Waals surface area contributed by atoms with Gasteiger partial charge in [0.2, 0.25) is 0 Å². The van der Waals surface area contributed by atoms with Crippen LogP contribution in [0.4, 0.5) is 0 Å². The molecule has 3 atom stereocenters. The van der Waals surface area contributed by atoms with Gasteiger partial charge in [-0.05, 0) is 60.8 Å². The van der Waals surface area contributed by atoms with Crippen molar-refractivity contribution in [2.45, 2.75) is 51.0 Å². The molecule has 3 unspecified atom stereocenters. The van der Waals surface area contributed by atoms with Crippen molar-refractivity contribution in [3.63, 3.8) is 0 Å². The van der Waals surface area contributed by atoms with E-state index in [4.69, 9.17) is 5.11 Å². The normalized spacial score (nSPS) is 25.4. The van der Waals surface area contributed by atoms with Gasteiger partial charge in [-0.25, -0.2) is 0 Å². The molecule has 0 saturated heterocycles. The van der Waals surface area contributed by atoms with Crippen molar-refractivity contribution >= 4 is 17.1 Å². The summed E-state index contributed by atoms with van der Waals surface area (Å²) in [5, 5.41) is 19.9. The molecule has 0 heterocycles. The summed E-state index contributed by atoms with van der Waals surface area (Å²) < 4.78 is 0. The number of aliphatic hydroxyl groups excluding tert-OH is 1. The molecular formula is C27H30O3. The van der Waals surface area contributed by atoms with Crippen LogP contribution in [0, 0.1) is 11.3 Å². The Morgan fingerprint density at radius 1 is 1.03 bits per heavy atom. The van der Waals surface area contributed by atoms with Gasteiger partial charge in [0.1, 0.15) is 0 Å². The molecule has 3 heteroatoms. The number of aliphatic carboxylic acids is 1. The van der Waals surface area contributed by atoms with Gasteiger partial charge in [-0.3, -0.25) is 4.79 Å². The summed E-state index contributed by atoms with van der Waals surface area (Å²) in [6, 6.07) is 20.9. The molecule has 2 aliphatic carbocycles. The van der Waals surface area contributed by atoms with Crippen molar-refractivity contribution in [1.29, 1.82) is 0 Å². The Hall–Kier alpha value is -2.65. The van der Waals surface area contributed by atoms with Crippen LogP contribution in [0.2, 0.25) is 0 Å². The highest BCUT2D eigenvalue weighted by molar-refractivity contribution is 5.90. The number of aliphatic hydroxyl groups is 1. The first-order valence-electron chi connectivity index (χ1n) is 11.0. The van der Waals surface area contributed by atoms with Gasteiger partial charge in [0, 0.05) is 17.8 Å². The molecule has 4 rings (SSSR count). The van der Waals surface area contributed by atoms with E-state index < -0.39 is 5.97 Å². The number of allylic oxidation sites excluding steroid dienone is 3. The van der Waals surface area contributed by atoms with Crippen molar-refractivity contribution in [1.82, 2.24) is 0 Å². The lowest BCUT2D eigenvalue weighted by Crippen LogP contribution is -2.29. The Morgan fingerprint density at radius 3 is 2.37 bits per heavy atom. The van der Waals surface area contributed by atoms with E-state index in [2.05, 4.69) is 43.0 Å². The minimum Gasteiger partial charge on any atom is -0.481 e. The SMILES string of the molecule is C=C(c1ccccc1)C12CCC(O)C1CC(CCCCC(=O)O)=C2c1ccccc1. The second-order valence-corrected chi connectivity index (χ2v) is 8.68. The Kier molecular flexibility index (Phi) is 5.92.